The lowest BCUT2D eigenvalue weighted by Gasteiger charge is -2.12. The van der Waals surface area contributed by atoms with Gasteiger partial charge in [0.15, 0.2) is 0 Å². The number of carbonyl (C=O) groups is 1. The van der Waals surface area contributed by atoms with E-state index in [0.717, 1.165) is 16.6 Å². The first kappa shape index (κ1) is 11.8. The van der Waals surface area contributed by atoms with Crippen molar-refractivity contribution < 1.29 is 4.79 Å². The van der Waals surface area contributed by atoms with Gasteiger partial charge in [0.2, 0.25) is 5.91 Å². The van der Waals surface area contributed by atoms with Crippen molar-refractivity contribution in [2.45, 2.75) is 19.9 Å². The number of hydrogen-bond acceptors (Lipinski definition) is 1. The van der Waals surface area contributed by atoms with Crippen molar-refractivity contribution in [2.75, 3.05) is 0 Å². The molecule has 0 bridgehead atoms. The first-order valence-corrected chi connectivity index (χ1v) is 6.42. The minimum Gasteiger partial charge on any atom is -0.355 e. The highest BCUT2D eigenvalue weighted by Crippen LogP contribution is 2.27. The van der Waals surface area contributed by atoms with E-state index in [4.69, 9.17) is 0 Å². The molecule has 0 saturated heterocycles. The molecule has 3 nitrogen and oxygen atoms in total. The number of aromatic amines is 1. The van der Waals surface area contributed by atoms with E-state index >= 15 is 0 Å². The van der Waals surface area contributed by atoms with Gasteiger partial charge >= 0.3 is 0 Å². The third-order valence-corrected chi connectivity index (χ3v) is 3.45. The van der Waals surface area contributed by atoms with E-state index < -0.39 is 0 Å². The molecule has 0 aliphatic heterocycles. The van der Waals surface area contributed by atoms with Gasteiger partial charge in [0.25, 0.3) is 0 Å². The van der Waals surface area contributed by atoms with Crippen LogP contribution in [0.1, 0.15) is 25.5 Å². The average molecular weight is 252 g/mol. The quantitative estimate of drug-likeness (QED) is 0.720. The van der Waals surface area contributed by atoms with Crippen LogP contribution in [0.2, 0.25) is 0 Å². The maximum absolute atomic E-state index is 11.1. The Morgan fingerprint density at radius 1 is 1.11 bits per heavy atom. The molecule has 0 aliphatic carbocycles. The highest BCUT2D eigenvalue weighted by Gasteiger charge is 2.09. The van der Waals surface area contributed by atoms with Crippen LogP contribution in [-0.2, 0) is 4.79 Å². The number of H-pyrrole nitrogens is 1. The van der Waals surface area contributed by atoms with Crippen LogP contribution in [-0.4, -0.2) is 10.9 Å². The number of rotatable bonds is 2. The third kappa shape index (κ3) is 2.08. The number of carbonyl (C=O) groups excluding carboxylic acids is 1. The third-order valence-electron chi connectivity index (χ3n) is 3.45. The standard InChI is InChI=1S/C16H16N2O/c1-10(17-11(2)19)12-7-8-14-13-5-3-4-6-15(13)18-16(14)9-12/h3-10,18H,1-2H3,(H,17,19). The molecule has 19 heavy (non-hydrogen) atoms. The molecular weight excluding hydrogens is 236 g/mol. The highest BCUT2D eigenvalue weighted by molar-refractivity contribution is 6.07. The number of para-hydroxylation sites is 1. The van der Waals surface area contributed by atoms with Crippen molar-refractivity contribution in [3.05, 3.63) is 48.0 Å². The minimum atomic E-state index is -0.00996. The normalized spacial score (nSPS) is 12.7. The van der Waals surface area contributed by atoms with Gasteiger partial charge in [-0.25, -0.2) is 0 Å². The molecule has 2 N–H and O–H groups in total. The molecule has 96 valence electrons. The summed E-state index contributed by atoms with van der Waals surface area (Å²) < 4.78 is 0. The summed E-state index contributed by atoms with van der Waals surface area (Å²) in [6.45, 7) is 3.53. The summed E-state index contributed by atoms with van der Waals surface area (Å²) in [5.41, 5.74) is 3.35. The molecule has 1 atom stereocenters. The van der Waals surface area contributed by atoms with Crippen molar-refractivity contribution >= 4 is 27.7 Å². The van der Waals surface area contributed by atoms with Gasteiger partial charge in [-0.05, 0) is 24.6 Å². The predicted octanol–water partition coefficient (Wildman–Crippen LogP) is 3.52. The zero-order valence-corrected chi connectivity index (χ0v) is 11.0. The molecule has 0 saturated carbocycles. The summed E-state index contributed by atoms with van der Waals surface area (Å²) in [6, 6.07) is 14.6. The van der Waals surface area contributed by atoms with E-state index in [-0.39, 0.29) is 11.9 Å². The lowest BCUT2D eigenvalue weighted by atomic mass is 10.1. The van der Waals surface area contributed by atoms with E-state index in [0.29, 0.717) is 0 Å². The first-order valence-electron chi connectivity index (χ1n) is 6.42. The van der Waals surface area contributed by atoms with Crippen LogP contribution in [0.5, 0.6) is 0 Å². The highest BCUT2D eigenvalue weighted by atomic mass is 16.1. The molecule has 1 unspecified atom stereocenters. The lowest BCUT2D eigenvalue weighted by Crippen LogP contribution is -2.23. The van der Waals surface area contributed by atoms with Gasteiger partial charge in [-0.1, -0.05) is 30.3 Å². The Hall–Kier alpha value is -2.29. The monoisotopic (exact) mass is 252 g/mol. The van der Waals surface area contributed by atoms with Gasteiger partial charge < -0.3 is 10.3 Å². The summed E-state index contributed by atoms with van der Waals surface area (Å²) >= 11 is 0. The van der Waals surface area contributed by atoms with Gasteiger partial charge in [0.05, 0.1) is 6.04 Å². The summed E-state index contributed by atoms with van der Waals surface area (Å²) in [6.07, 6.45) is 0. The summed E-state index contributed by atoms with van der Waals surface area (Å²) in [7, 11) is 0. The Morgan fingerprint density at radius 3 is 2.63 bits per heavy atom. The van der Waals surface area contributed by atoms with E-state index in [9.17, 15) is 4.79 Å². The Bertz CT molecular complexity index is 758. The number of nitrogens with one attached hydrogen (secondary N) is 2. The Labute approximate surface area is 111 Å². The summed E-state index contributed by atoms with van der Waals surface area (Å²) in [5.74, 6) is -0.00996. The maximum Gasteiger partial charge on any atom is 0.217 e. The van der Waals surface area contributed by atoms with Crippen LogP contribution in [0.15, 0.2) is 42.5 Å². The molecule has 0 fully saturated rings. The second kappa shape index (κ2) is 4.43. The van der Waals surface area contributed by atoms with Crippen molar-refractivity contribution in [2.24, 2.45) is 0 Å². The average Bonchev–Trinajstić information content (AvgIpc) is 2.75. The summed E-state index contributed by atoms with van der Waals surface area (Å²) in [5, 5.41) is 5.35. The van der Waals surface area contributed by atoms with E-state index in [1.165, 1.54) is 17.7 Å². The van der Waals surface area contributed by atoms with Crippen LogP contribution >= 0.6 is 0 Å². The number of amides is 1. The number of aromatic nitrogens is 1. The van der Waals surface area contributed by atoms with Gasteiger partial charge in [-0.2, -0.15) is 0 Å². The molecule has 1 amide bonds. The predicted molar refractivity (Wildman–Crippen MR) is 78.0 cm³/mol. The maximum atomic E-state index is 11.1. The van der Waals surface area contributed by atoms with Crippen molar-refractivity contribution in [1.82, 2.24) is 10.3 Å². The number of benzene rings is 2. The van der Waals surface area contributed by atoms with Crippen LogP contribution in [0.3, 0.4) is 0 Å². The van der Waals surface area contributed by atoms with Gasteiger partial charge in [-0.3, -0.25) is 4.79 Å². The fraction of sp³-hybridized carbons (Fsp3) is 0.188. The fourth-order valence-electron chi connectivity index (χ4n) is 2.53. The smallest absolute Gasteiger partial charge is 0.217 e. The van der Waals surface area contributed by atoms with Crippen molar-refractivity contribution in [3.8, 4) is 0 Å². The zero-order valence-electron chi connectivity index (χ0n) is 11.0. The molecule has 0 spiro atoms. The van der Waals surface area contributed by atoms with Crippen molar-refractivity contribution in [3.63, 3.8) is 0 Å². The molecular formula is C16H16N2O. The van der Waals surface area contributed by atoms with E-state index in [2.05, 4.69) is 40.6 Å². The molecule has 3 rings (SSSR count). The minimum absolute atomic E-state index is 0.00996. The van der Waals surface area contributed by atoms with Gasteiger partial charge in [0.1, 0.15) is 0 Å². The molecule has 3 aromatic rings. The first-order chi connectivity index (χ1) is 9.15. The van der Waals surface area contributed by atoms with Crippen LogP contribution < -0.4 is 5.32 Å². The molecule has 1 heterocycles. The van der Waals surface area contributed by atoms with Crippen LogP contribution in [0, 0.1) is 0 Å². The lowest BCUT2D eigenvalue weighted by molar-refractivity contribution is -0.119. The topological polar surface area (TPSA) is 44.9 Å². The molecule has 0 radical (unpaired) electrons. The Kier molecular flexibility index (Phi) is 2.75. The molecule has 3 heteroatoms. The van der Waals surface area contributed by atoms with Crippen LogP contribution in [0.4, 0.5) is 0 Å². The molecule has 2 aromatic carbocycles. The zero-order chi connectivity index (χ0) is 13.4. The van der Waals surface area contributed by atoms with Crippen LogP contribution in [0.25, 0.3) is 21.8 Å². The number of hydrogen-bond donors (Lipinski definition) is 2. The fourth-order valence-corrected chi connectivity index (χ4v) is 2.53. The van der Waals surface area contributed by atoms with Crippen molar-refractivity contribution in [1.29, 1.82) is 0 Å². The molecule has 1 aromatic heterocycles. The Morgan fingerprint density at radius 2 is 1.84 bits per heavy atom. The number of fused-ring (bicyclic) bond motifs is 3. The molecule has 0 aliphatic rings. The largest absolute Gasteiger partial charge is 0.355 e. The summed E-state index contributed by atoms with van der Waals surface area (Å²) in [4.78, 5) is 14.5. The van der Waals surface area contributed by atoms with E-state index in [1.807, 2.05) is 19.1 Å². The second-order valence-electron chi connectivity index (χ2n) is 4.90. The Balaban J connectivity index is 2.10. The second-order valence-corrected chi connectivity index (χ2v) is 4.90. The van der Waals surface area contributed by atoms with Gasteiger partial charge in [-0.15, -0.1) is 0 Å². The van der Waals surface area contributed by atoms with Gasteiger partial charge in [0, 0.05) is 28.7 Å². The van der Waals surface area contributed by atoms with E-state index in [1.54, 1.807) is 0 Å². The SMILES string of the molecule is CC(=O)NC(C)c1ccc2c(c1)[nH]c1ccccc12.